The number of anilines is 1. The van der Waals surface area contributed by atoms with Gasteiger partial charge in [0.25, 0.3) is 11.8 Å². The van der Waals surface area contributed by atoms with Gasteiger partial charge >= 0.3 is 0 Å². The lowest BCUT2D eigenvalue weighted by atomic mass is 9.92. The predicted octanol–water partition coefficient (Wildman–Crippen LogP) is 3.90. The molecule has 3 aliphatic rings. The fourth-order valence-electron chi connectivity index (χ4n) is 4.84. The van der Waals surface area contributed by atoms with Gasteiger partial charge < -0.3 is 15.5 Å². The summed E-state index contributed by atoms with van der Waals surface area (Å²) in [7, 11) is 0. The van der Waals surface area contributed by atoms with Crippen molar-refractivity contribution < 1.29 is 9.59 Å². The monoisotopic (exact) mass is 412 g/mol. The Hall–Kier alpha value is -3.41. The van der Waals surface area contributed by atoms with Crippen molar-refractivity contribution in [3.63, 3.8) is 0 Å². The Labute approximate surface area is 180 Å². The van der Waals surface area contributed by atoms with Crippen LogP contribution in [0.15, 0.2) is 54.6 Å². The maximum absolute atomic E-state index is 13.5. The van der Waals surface area contributed by atoms with E-state index in [4.69, 9.17) is 4.98 Å². The standard InChI is InChI=1S/C25H24N4O2/c30-23-18-6-2-4-8-21(18)27-25(28-23)11-13-29(14-12-25)24(31)19-15-22(16-9-10-16)26-20-7-3-1-5-17(19)20/h1-8,15-16,27H,9-14H2,(H,28,30). The topological polar surface area (TPSA) is 74.3 Å². The number of piperidine rings is 1. The highest BCUT2D eigenvalue weighted by molar-refractivity contribution is 6.06. The van der Waals surface area contributed by atoms with Gasteiger partial charge in [0.1, 0.15) is 5.66 Å². The van der Waals surface area contributed by atoms with Crippen LogP contribution >= 0.6 is 0 Å². The van der Waals surface area contributed by atoms with Gasteiger partial charge in [0.15, 0.2) is 0 Å². The summed E-state index contributed by atoms with van der Waals surface area (Å²) >= 11 is 0. The smallest absolute Gasteiger partial charge is 0.255 e. The van der Waals surface area contributed by atoms with Crippen molar-refractivity contribution in [2.24, 2.45) is 0 Å². The zero-order valence-electron chi connectivity index (χ0n) is 17.2. The van der Waals surface area contributed by atoms with Crippen LogP contribution in [-0.2, 0) is 0 Å². The second-order valence-corrected chi connectivity index (χ2v) is 8.89. The first-order valence-corrected chi connectivity index (χ1v) is 11.0. The van der Waals surface area contributed by atoms with Crippen LogP contribution < -0.4 is 10.6 Å². The minimum Gasteiger partial charge on any atom is -0.362 e. The number of nitrogens with zero attached hydrogens (tertiary/aromatic N) is 2. The molecule has 2 aliphatic heterocycles. The van der Waals surface area contributed by atoms with E-state index in [0.717, 1.165) is 40.7 Å². The normalized spacial score (nSPS) is 19.6. The molecule has 2 fully saturated rings. The molecule has 6 heteroatoms. The van der Waals surface area contributed by atoms with Crippen LogP contribution in [0.1, 0.15) is 58.0 Å². The second kappa shape index (κ2) is 6.80. The van der Waals surface area contributed by atoms with E-state index in [2.05, 4.69) is 10.6 Å². The third-order valence-electron chi connectivity index (χ3n) is 6.76. The number of hydrogen-bond acceptors (Lipinski definition) is 4. The largest absolute Gasteiger partial charge is 0.362 e. The number of para-hydroxylation sites is 2. The summed E-state index contributed by atoms with van der Waals surface area (Å²) < 4.78 is 0. The second-order valence-electron chi connectivity index (χ2n) is 8.89. The van der Waals surface area contributed by atoms with Crippen LogP contribution in [0.25, 0.3) is 10.9 Å². The molecule has 0 bridgehead atoms. The molecular formula is C25H24N4O2. The van der Waals surface area contributed by atoms with Crippen LogP contribution in [-0.4, -0.2) is 40.5 Å². The first kappa shape index (κ1) is 18.4. The number of aromatic nitrogens is 1. The summed E-state index contributed by atoms with van der Waals surface area (Å²) in [5.41, 5.74) is 3.70. The minimum atomic E-state index is -0.498. The average molecular weight is 412 g/mol. The van der Waals surface area contributed by atoms with Gasteiger partial charge in [-0.15, -0.1) is 0 Å². The third-order valence-corrected chi connectivity index (χ3v) is 6.76. The molecule has 3 heterocycles. The number of likely N-dealkylation sites (tertiary alicyclic amines) is 1. The lowest BCUT2D eigenvalue weighted by Crippen LogP contribution is -2.62. The highest BCUT2D eigenvalue weighted by atomic mass is 16.2. The van der Waals surface area contributed by atoms with Gasteiger partial charge in [-0.3, -0.25) is 14.6 Å². The fraction of sp³-hybridized carbons (Fsp3) is 0.320. The van der Waals surface area contributed by atoms with Crippen molar-refractivity contribution in [3.8, 4) is 0 Å². The SMILES string of the molecule is O=C1NC2(CCN(C(=O)c3cc(C4CC4)nc4ccccc34)CC2)Nc2ccccc21. The van der Waals surface area contributed by atoms with E-state index in [1.165, 1.54) is 0 Å². The maximum Gasteiger partial charge on any atom is 0.255 e. The zero-order valence-corrected chi connectivity index (χ0v) is 17.2. The van der Waals surface area contributed by atoms with Crippen molar-refractivity contribution >= 4 is 28.4 Å². The van der Waals surface area contributed by atoms with Crippen molar-refractivity contribution in [1.82, 2.24) is 15.2 Å². The lowest BCUT2D eigenvalue weighted by molar-refractivity contribution is 0.0641. The number of benzene rings is 2. The Balaban J connectivity index is 1.26. The van der Waals surface area contributed by atoms with Crippen LogP contribution in [0.4, 0.5) is 5.69 Å². The van der Waals surface area contributed by atoms with E-state index >= 15 is 0 Å². The van der Waals surface area contributed by atoms with E-state index in [-0.39, 0.29) is 11.8 Å². The minimum absolute atomic E-state index is 0.0525. The van der Waals surface area contributed by atoms with E-state index in [0.29, 0.717) is 37.4 Å². The van der Waals surface area contributed by atoms with Crippen LogP contribution in [0.3, 0.4) is 0 Å². The van der Waals surface area contributed by atoms with Gasteiger partial charge in [0.2, 0.25) is 0 Å². The van der Waals surface area contributed by atoms with Crippen LogP contribution in [0.2, 0.25) is 0 Å². The molecule has 0 radical (unpaired) electrons. The molecule has 1 saturated heterocycles. The Morgan fingerprint density at radius 1 is 1.00 bits per heavy atom. The van der Waals surface area contributed by atoms with E-state index < -0.39 is 5.66 Å². The molecule has 0 atom stereocenters. The third kappa shape index (κ3) is 3.14. The van der Waals surface area contributed by atoms with Gasteiger partial charge in [0, 0.05) is 48.6 Å². The number of hydrogen-bond donors (Lipinski definition) is 2. The molecule has 1 aromatic heterocycles. The number of rotatable bonds is 2. The summed E-state index contributed by atoms with van der Waals surface area (Å²) in [6.07, 6.45) is 3.63. The first-order valence-electron chi connectivity index (χ1n) is 11.0. The molecule has 2 amide bonds. The molecule has 3 aromatic rings. The molecule has 31 heavy (non-hydrogen) atoms. The number of fused-ring (bicyclic) bond motifs is 2. The summed E-state index contributed by atoms with van der Waals surface area (Å²) in [6, 6.07) is 17.5. The van der Waals surface area contributed by atoms with Crippen LogP contribution in [0.5, 0.6) is 0 Å². The molecule has 1 spiro atoms. The molecular weight excluding hydrogens is 388 g/mol. The Kier molecular flexibility index (Phi) is 4.03. The van der Waals surface area contributed by atoms with Gasteiger partial charge in [-0.1, -0.05) is 30.3 Å². The number of carbonyl (C=O) groups is 2. The number of nitrogens with one attached hydrogen (secondary N) is 2. The van der Waals surface area contributed by atoms with Gasteiger partial charge in [-0.2, -0.15) is 0 Å². The summed E-state index contributed by atoms with van der Waals surface area (Å²) in [6.45, 7) is 1.17. The van der Waals surface area contributed by atoms with Crippen molar-refractivity contribution in [1.29, 1.82) is 0 Å². The molecule has 6 nitrogen and oxygen atoms in total. The van der Waals surface area contributed by atoms with Gasteiger partial charge in [0.05, 0.1) is 16.6 Å². The summed E-state index contributed by atoms with van der Waals surface area (Å²) in [5.74, 6) is 0.490. The number of pyridine rings is 1. The van der Waals surface area contributed by atoms with E-state index in [1.807, 2.05) is 59.5 Å². The molecule has 2 N–H and O–H groups in total. The van der Waals surface area contributed by atoms with Crippen molar-refractivity contribution in [2.75, 3.05) is 18.4 Å². The summed E-state index contributed by atoms with van der Waals surface area (Å²) in [4.78, 5) is 32.9. The average Bonchev–Trinajstić information content (AvgIpc) is 3.64. The Morgan fingerprint density at radius 2 is 1.74 bits per heavy atom. The van der Waals surface area contributed by atoms with Crippen molar-refractivity contribution in [2.45, 2.75) is 37.3 Å². The number of amides is 2. The highest BCUT2D eigenvalue weighted by Gasteiger charge is 2.41. The van der Waals surface area contributed by atoms with Crippen molar-refractivity contribution in [3.05, 3.63) is 71.4 Å². The zero-order chi connectivity index (χ0) is 21.0. The Bertz CT molecular complexity index is 1210. The summed E-state index contributed by atoms with van der Waals surface area (Å²) in [5, 5.41) is 7.59. The maximum atomic E-state index is 13.5. The fourth-order valence-corrected chi connectivity index (χ4v) is 4.84. The van der Waals surface area contributed by atoms with Gasteiger partial charge in [-0.05, 0) is 37.1 Å². The van der Waals surface area contributed by atoms with Gasteiger partial charge in [-0.25, -0.2) is 0 Å². The molecule has 1 saturated carbocycles. The molecule has 6 rings (SSSR count). The van der Waals surface area contributed by atoms with Crippen LogP contribution in [0, 0.1) is 0 Å². The number of carbonyl (C=O) groups excluding carboxylic acids is 2. The van der Waals surface area contributed by atoms with E-state index in [1.54, 1.807) is 0 Å². The molecule has 156 valence electrons. The molecule has 2 aromatic carbocycles. The molecule has 0 unspecified atom stereocenters. The van der Waals surface area contributed by atoms with E-state index in [9.17, 15) is 9.59 Å². The molecule has 1 aliphatic carbocycles. The lowest BCUT2D eigenvalue weighted by Gasteiger charge is -2.46. The highest BCUT2D eigenvalue weighted by Crippen LogP contribution is 2.40. The first-order chi connectivity index (χ1) is 15.1. The predicted molar refractivity (Wildman–Crippen MR) is 119 cm³/mol. The quantitative estimate of drug-likeness (QED) is 0.670. The Morgan fingerprint density at radius 3 is 2.55 bits per heavy atom.